The van der Waals surface area contributed by atoms with Crippen LogP contribution >= 0.6 is 0 Å². The quantitative estimate of drug-likeness (QED) is 0.227. The molecule has 0 aliphatic carbocycles. The van der Waals surface area contributed by atoms with Crippen LogP contribution in [0.3, 0.4) is 0 Å². The molecule has 0 spiro atoms. The van der Waals surface area contributed by atoms with Crippen LogP contribution in [0.25, 0.3) is 10.8 Å². The second-order valence-corrected chi connectivity index (χ2v) is 9.08. The van der Waals surface area contributed by atoms with Gasteiger partial charge >= 0.3 is 5.97 Å². The van der Waals surface area contributed by atoms with Crippen LogP contribution in [0, 0.1) is 0 Å². The Balaban J connectivity index is 2.27. The first-order valence-corrected chi connectivity index (χ1v) is 11.0. The molecule has 0 aromatic heterocycles. The number of benzene rings is 3. The van der Waals surface area contributed by atoms with Crippen molar-refractivity contribution >= 4 is 48.4 Å². The van der Waals surface area contributed by atoms with Crippen LogP contribution in [-0.4, -0.2) is 52.3 Å². The lowest BCUT2D eigenvalue weighted by Crippen LogP contribution is -2.01. The van der Waals surface area contributed by atoms with E-state index in [1.807, 2.05) is 0 Å². The zero-order valence-corrected chi connectivity index (χ0v) is 17.0. The fourth-order valence-corrected chi connectivity index (χ4v) is 3.95. The first-order valence-electron chi connectivity index (χ1n) is 8.16. The van der Waals surface area contributed by atoms with Crippen LogP contribution in [-0.2, 0) is 20.2 Å². The summed E-state index contributed by atoms with van der Waals surface area (Å²) in [5, 5.41) is 45.5. The molecule has 3 aromatic rings. The van der Waals surface area contributed by atoms with E-state index in [0.717, 1.165) is 24.3 Å². The number of carbonyl (C=O) groups is 1. The van der Waals surface area contributed by atoms with Crippen molar-refractivity contribution in [1.29, 1.82) is 0 Å². The normalized spacial score (nSPS) is 12.4. The van der Waals surface area contributed by atoms with Crippen LogP contribution in [0.15, 0.2) is 56.4 Å². The van der Waals surface area contributed by atoms with Gasteiger partial charge in [-0.25, -0.2) is 4.79 Å². The number of nitrogens with zero attached hydrogens (tertiary/aromatic N) is 2. The minimum absolute atomic E-state index is 0.167. The van der Waals surface area contributed by atoms with Crippen LogP contribution in [0.1, 0.15) is 10.4 Å². The summed E-state index contributed by atoms with van der Waals surface area (Å²) in [5.41, 5.74) is -1.47. The van der Waals surface area contributed by atoms with Crippen LogP contribution in [0.5, 0.6) is 17.2 Å². The maximum absolute atomic E-state index is 11.8. The maximum atomic E-state index is 11.8. The van der Waals surface area contributed by atoms with Gasteiger partial charge in [-0.1, -0.05) is 0 Å². The van der Waals surface area contributed by atoms with Crippen molar-refractivity contribution in [3.05, 3.63) is 42.0 Å². The molecule has 3 rings (SSSR count). The Morgan fingerprint density at radius 2 is 1.47 bits per heavy atom. The van der Waals surface area contributed by atoms with E-state index >= 15 is 0 Å². The summed E-state index contributed by atoms with van der Waals surface area (Å²) in [6.45, 7) is 0. The van der Waals surface area contributed by atoms with Gasteiger partial charge in [-0.05, 0) is 29.7 Å². The third kappa shape index (κ3) is 4.30. The minimum Gasteiger partial charge on any atom is -0.507 e. The van der Waals surface area contributed by atoms with Crippen molar-refractivity contribution < 1.29 is 51.2 Å². The fourth-order valence-electron chi connectivity index (χ4n) is 2.75. The van der Waals surface area contributed by atoms with Gasteiger partial charge in [0.1, 0.15) is 27.6 Å². The SMILES string of the molecule is O=C(O)c1ccc(/N=N/c2c(S(=O)(=O)O)cc3cc(S(=O)(=O)O)cc(O)c3c2O)cc1O. The molecule has 3 aromatic carbocycles. The average Bonchev–Trinajstić information content (AvgIpc) is 2.64. The summed E-state index contributed by atoms with van der Waals surface area (Å²) in [7, 11) is -9.88. The highest BCUT2D eigenvalue weighted by Crippen LogP contribution is 2.45. The highest BCUT2D eigenvalue weighted by molar-refractivity contribution is 7.86. The van der Waals surface area contributed by atoms with Crippen LogP contribution < -0.4 is 0 Å². The maximum Gasteiger partial charge on any atom is 0.339 e. The number of carboxylic acid groups (broad SMARTS) is 1. The summed E-state index contributed by atoms with van der Waals surface area (Å²) in [4.78, 5) is 9.10. The molecular formula is C17H12N2O11S2. The number of aromatic carboxylic acids is 1. The number of fused-ring (bicyclic) bond motifs is 1. The van der Waals surface area contributed by atoms with Gasteiger partial charge < -0.3 is 20.4 Å². The first kappa shape index (κ1) is 22.9. The molecule has 13 nitrogen and oxygen atoms in total. The molecule has 0 radical (unpaired) electrons. The molecule has 0 unspecified atom stereocenters. The summed E-state index contributed by atoms with van der Waals surface area (Å²) < 4.78 is 65.0. The van der Waals surface area contributed by atoms with Gasteiger partial charge in [0.15, 0.2) is 5.75 Å². The number of phenolic OH excluding ortho intramolecular Hbond substituents is 2. The topological polar surface area (TPSA) is 231 Å². The van der Waals surface area contributed by atoms with Gasteiger partial charge in [0.25, 0.3) is 20.2 Å². The Hall–Kier alpha value is -3.79. The van der Waals surface area contributed by atoms with Gasteiger partial charge in [0.2, 0.25) is 0 Å². The molecule has 168 valence electrons. The van der Waals surface area contributed by atoms with Gasteiger partial charge in [-0.3, -0.25) is 9.11 Å². The Bertz CT molecular complexity index is 1530. The van der Waals surface area contributed by atoms with Crippen molar-refractivity contribution in [3.8, 4) is 17.2 Å². The zero-order chi connectivity index (χ0) is 24.0. The smallest absolute Gasteiger partial charge is 0.339 e. The largest absolute Gasteiger partial charge is 0.507 e. The second kappa shape index (κ2) is 7.72. The highest BCUT2D eigenvalue weighted by atomic mass is 32.2. The summed E-state index contributed by atoms with van der Waals surface area (Å²) in [6.07, 6.45) is 0. The molecule has 0 saturated heterocycles. The van der Waals surface area contributed by atoms with Gasteiger partial charge in [-0.2, -0.15) is 21.9 Å². The number of hydrogen-bond acceptors (Lipinski definition) is 10. The average molecular weight is 484 g/mol. The van der Waals surface area contributed by atoms with Crippen LogP contribution in [0.2, 0.25) is 0 Å². The Morgan fingerprint density at radius 3 is 2.00 bits per heavy atom. The first-order chi connectivity index (χ1) is 14.7. The lowest BCUT2D eigenvalue weighted by molar-refractivity contribution is 0.0693. The number of azo groups is 1. The summed E-state index contributed by atoms with van der Waals surface area (Å²) in [5.74, 6) is -3.98. The Kier molecular flexibility index (Phi) is 5.52. The van der Waals surface area contributed by atoms with Crippen molar-refractivity contribution in [2.45, 2.75) is 9.79 Å². The van der Waals surface area contributed by atoms with Crippen molar-refractivity contribution in [2.24, 2.45) is 10.2 Å². The molecule has 15 heteroatoms. The highest BCUT2D eigenvalue weighted by Gasteiger charge is 2.25. The lowest BCUT2D eigenvalue weighted by Gasteiger charge is -2.11. The standard InChI is InChI=1S/C17H12N2O11S2/c20-11-5-8(1-2-10(11)17(23)24)18-19-15-13(32(28,29)30)4-7-3-9(31(25,26)27)6-12(21)14(7)16(15)22/h1-6,20-22H,(H,23,24)(H,25,26,27)(H,28,29,30)/b19-18+. The van der Waals surface area contributed by atoms with E-state index < -0.39 is 69.9 Å². The monoisotopic (exact) mass is 484 g/mol. The van der Waals surface area contributed by atoms with E-state index in [9.17, 15) is 41.5 Å². The molecule has 32 heavy (non-hydrogen) atoms. The minimum atomic E-state index is -5.07. The zero-order valence-electron chi connectivity index (χ0n) is 15.4. The molecule has 0 fully saturated rings. The van der Waals surface area contributed by atoms with E-state index in [4.69, 9.17) is 9.66 Å². The van der Waals surface area contributed by atoms with Crippen molar-refractivity contribution in [1.82, 2.24) is 0 Å². The molecule has 0 heterocycles. The second-order valence-electron chi connectivity index (χ2n) is 6.27. The van der Waals surface area contributed by atoms with E-state index in [0.29, 0.717) is 12.1 Å². The third-order valence-corrected chi connectivity index (χ3v) is 5.85. The summed E-state index contributed by atoms with van der Waals surface area (Å²) >= 11 is 0. The number of phenols is 3. The van der Waals surface area contributed by atoms with E-state index in [1.54, 1.807) is 0 Å². The number of hydrogen-bond donors (Lipinski definition) is 6. The molecule has 0 atom stereocenters. The Morgan fingerprint density at radius 1 is 0.812 bits per heavy atom. The molecule has 6 N–H and O–H groups in total. The van der Waals surface area contributed by atoms with Crippen molar-refractivity contribution in [3.63, 3.8) is 0 Å². The fraction of sp³-hybridized carbons (Fsp3) is 0. The van der Waals surface area contributed by atoms with E-state index in [2.05, 4.69) is 10.2 Å². The molecule has 0 saturated carbocycles. The lowest BCUT2D eigenvalue weighted by atomic mass is 10.1. The number of carboxylic acids is 1. The predicted octanol–water partition coefficient (Wildman–Crippen LogP) is 2.56. The third-order valence-electron chi connectivity index (χ3n) is 4.16. The van der Waals surface area contributed by atoms with Crippen LogP contribution in [0.4, 0.5) is 11.4 Å². The molecule has 0 aliphatic heterocycles. The van der Waals surface area contributed by atoms with Gasteiger partial charge in [0, 0.05) is 12.1 Å². The van der Waals surface area contributed by atoms with Crippen molar-refractivity contribution in [2.75, 3.05) is 0 Å². The molecule has 0 bridgehead atoms. The summed E-state index contributed by atoms with van der Waals surface area (Å²) in [6, 6.07) is 4.98. The Labute approximate surface area is 179 Å². The van der Waals surface area contributed by atoms with Gasteiger partial charge in [0.05, 0.1) is 16.0 Å². The molecular weight excluding hydrogens is 472 g/mol. The predicted molar refractivity (Wildman–Crippen MR) is 106 cm³/mol. The molecule has 0 aliphatic rings. The number of rotatable bonds is 5. The van der Waals surface area contributed by atoms with E-state index in [-0.39, 0.29) is 11.1 Å². The van der Waals surface area contributed by atoms with E-state index in [1.165, 1.54) is 0 Å². The number of aromatic hydroxyl groups is 3. The molecule has 0 amide bonds. The van der Waals surface area contributed by atoms with Gasteiger partial charge in [-0.15, -0.1) is 5.11 Å².